The second-order valence-electron chi connectivity index (χ2n) is 6.84. The van der Waals surface area contributed by atoms with Crippen LogP contribution < -0.4 is 5.32 Å². The van der Waals surface area contributed by atoms with Crippen molar-refractivity contribution in [1.29, 1.82) is 0 Å². The molecule has 1 saturated heterocycles. The maximum Gasteiger partial charge on any atom is 0.0350 e. The van der Waals surface area contributed by atoms with Crippen molar-refractivity contribution in [3.63, 3.8) is 0 Å². The highest BCUT2D eigenvalue weighted by Crippen LogP contribution is 2.29. The molecule has 0 radical (unpaired) electrons. The SMILES string of the molecule is CCN(CC1CCNCC1)C(CC(C)C)c1ccccc1. The normalized spacial score (nSPS) is 18.3. The topological polar surface area (TPSA) is 15.3 Å². The molecule has 0 bridgehead atoms. The average molecular weight is 288 g/mol. The van der Waals surface area contributed by atoms with E-state index in [4.69, 9.17) is 0 Å². The molecule has 1 aliphatic rings. The molecule has 0 spiro atoms. The van der Waals surface area contributed by atoms with Gasteiger partial charge in [-0.15, -0.1) is 0 Å². The molecule has 0 aliphatic carbocycles. The molecule has 1 aliphatic heterocycles. The Labute approximate surface area is 130 Å². The summed E-state index contributed by atoms with van der Waals surface area (Å²) in [5, 5.41) is 3.48. The van der Waals surface area contributed by atoms with E-state index in [0.717, 1.165) is 18.4 Å². The van der Waals surface area contributed by atoms with Gasteiger partial charge in [0.05, 0.1) is 0 Å². The van der Waals surface area contributed by atoms with Gasteiger partial charge in [0.25, 0.3) is 0 Å². The minimum absolute atomic E-state index is 0.575. The summed E-state index contributed by atoms with van der Waals surface area (Å²) in [5.74, 6) is 1.60. The first-order valence-corrected chi connectivity index (χ1v) is 8.70. The van der Waals surface area contributed by atoms with E-state index < -0.39 is 0 Å². The van der Waals surface area contributed by atoms with Crippen molar-refractivity contribution < 1.29 is 0 Å². The summed E-state index contributed by atoms with van der Waals surface area (Å²) in [6, 6.07) is 11.7. The van der Waals surface area contributed by atoms with E-state index in [1.165, 1.54) is 44.5 Å². The minimum atomic E-state index is 0.575. The average Bonchev–Trinajstić information content (AvgIpc) is 2.52. The van der Waals surface area contributed by atoms with E-state index >= 15 is 0 Å². The first kappa shape index (κ1) is 16.5. The lowest BCUT2D eigenvalue weighted by atomic mass is 9.92. The molecule has 21 heavy (non-hydrogen) atoms. The van der Waals surface area contributed by atoms with Crippen LogP contribution in [0.3, 0.4) is 0 Å². The van der Waals surface area contributed by atoms with Crippen molar-refractivity contribution >= 4 is 0 Å². The van der Waals surface area contributed by atoms with Crippen LogP contribution in [-0.2, 0) is 0 Å². The van der Waals surface area contributed by atoms with Gasteiger partial charge in [0.15, 0.2) is 0 Å². The first-order valence-electron chi connectivity index (χ1n) is 8.70. The van der Waals surface area contributed by atoms with Gasteiger partial charge in [0.2, 0.25) is 0 Å². The maximum atomic E-state index is 3.48. The molecule has 1 heterocycles. The molecule has 2 rings (SSSR count). The number of hydrogen-bond donors (Lipinski definition) is 1. The molecule has 1 aromatic carbocycles. The Morgan fingerprint density at radius 3 is 2.38 bits per heavy atom. The van der Waals surface area contributed by atoms with Gasteiger partial charge in [-0.2, -0.15) is 0 Å². The molecular formula is C19H32N2. The zero-order valence-electron chi connectivity index (χ0n) is 14.0. The fourth-order valence-corrected chi connectivity index (χ4v) is 3.49. The van der Waals surface area contributed by atoms with Crippen molar-refractivity contribution in [2.45, 2.75) is 46.1 Å². The lowest BCUT2D eigenvalue weighted by Gasteiger charge is -2.36. The molecule has 0 aromatic heterocycles. The Hall–Kier alpha value is -0.860. The number of benzene rings is 1. The summed E-state index contributed by atoms with van der Waals surface area (Å²) in [5.41, 5.74) is 1.49. The van der Waals surface area contributed by atoms with Crippen molar-refractivity contribution in [1.82, 2.24) is 10.2 Å². The summed E-state index contributed by atoms with van der Waals surface area (Å²) < 4.78 is 0. The van der Waals surface area contributed by atoms with Gasteiger partial charge in [-0.05, 0) is 56.3 Å². The fraction of sp³-hybridized carbons (Fsp3) is 0.684. The van der Waals surface area contributed by atoms with Crippen molar-refractivity contribution in [2.24, 2.45) is 11.8 Å². The summed E-state index contributed by atoms with van der Waals surface area (Å²) >= 11 is 0. The van der Waals surface area contributed by atoms with E-state index in [0.29, 0.717) is 6.04 Å². The van der Waals surface area contributed by atoms with Crippen LogP contribution in [0.1, 0.15) is 51.6 Å². The monoisotopic (exact) mass is 288 g/mol. The molecule has 2 heteroatoms. The van der Waals surface area contributed by atoms with Crippen LogP contribution >= 0.6 is 0 Å². The number of nitrogens with one attached hydrogen (secondary N) is 1. The minimum Gasteiger partial charge on any atom is -0.317 e. The smallest absolute Gasteiger partial charge is 0.0350 e. The van der Waals surface area contributed by atoms with E-state index in [-0.39, 0.29) is 0 Å². The molecule has 1 unspecified atom stereocenters. The highest BCUT2D eigenvalue weighted by Gasteiger charge is 2.24. The van der Waals surface area contributed by atoms with Gasteiger partial charge in [0, 0.05) is 12.6 Å². The Morgan fingerprint density at radius 2 is 1.81 bits per heavy atom. The second-order valence-corrected chi connectivity index (χ2v) is 6.84. The predicted molar refractivity (Wildman–Crippen MR) is 91.5 cm³/mol. The number of rotatable bonds is 7. The summed E-state index contributed by atoms with van der Waals surface area (Å²) in [6.45, 7) is 11.8. The summed E-state index contributed by atoms with van der Waals surface area (Å²) in [4.78, 5) is 2.71. The lowest BCUT2D eigenvalue weighted by Crippen LogP contribution is -2.38. The Bertz CT molecular complexity index is 382. The molecule has 0 saturated carbocycles. The largest absolute Gasteiger partial charge is 0.317 e. The van der Waals surface area contributed by atoms with Crippen molar-refractivity contribution in [3.05, 3.63) is 35.9 Å². The van der Waals surface area contributed by atoms with Gasteiger partial charge in [0.1, 0.15) is 0 Å². The highest BCUT2D eigenvalue weighted by atomic mass is 15.2. The van der Waals surface area contributed by atoms with Crippen molar-refractivity contribution in [2.75, 3.05) is 26.2 Å². The molecule has 118 valence electrons. The van der Waals surface area contributed by atoms with Gasteiger partial charge >= 0.3 is 0 Å². The zero-order valence-corrected chi connectivity index (χ0v) is 14.0. The van der Waals surface area contributed by atoms with Gasteiger partial charge in [-0.25, -0.2) is 0 Å². The molecule has 1 atom stereocenters. The first-order chi connectivity index (χ1) is 10.2. The Balaban J connectivity index is 2.08. The van der Waals surface area contributed by atoms with Gasteiger partial charge in [-0.3, -0.25) is 4.90 Å². The number of hydrogen-bond acceptors (Lipinski definition) is 2. The van der Waals surface area contributed by atoms with Crippen LogP contribution in [0.5, 0.6) is 0 Å². The molecule has 0 amide bonds. The van der Waals surface area contributed by atoms with Crippen LogP contribution in [0, 0.1) is 11.8 Å². The Morgan fingerprint density at radius 1 is 1.14 bits per heavy atom. The van der Waals surface area contributed by atoms with Crippen molar-refractivity contribution in [3.8, 4) is 0 Å². The predicted octanol–water partition coefficient (Wildman–Crippen LogP) is 4.10. The van der Waals surface area contributed by atoms with Crippen LogP contribution in [0.25, 0.3) is 0 Å². The second kappa shape index (κ2) is 8.55. The quantitative estimate of drug-likeness (QED) is 0.813. The molecule has 2 nitrogen and oxygen atoms in total. The lowest BCUT2D eigenvalue weighted by molar-refractivity contribution is 0.142. The molecule has 1 N–H and O–H groups in total. The third kappa shape index (κ3) is 5.12. The Kier molecular flexibility index (Phi) is 6.72. The van der Waals surface area contributed by atoms with Gasteiger partial charge < -0.3 is 5.32 Å². The standard InChI is InChI=1S/C19H32N2/c1-4-21(15-17-10-12-20-13-11-17)19(14-16(2)3)18-8-6-5-7-9-18/h5-9,16-17,19-20H,4,10-15H2,1-3H3. The molecule has 1 fully saturated rings. The maximum absolute atomic E-state index is 3.48. The highest BCUT2D eigenvalue weighted by molar-refractivity contribution is 5.19. The fourth-order valence-electron chi connectivity index (χ4n) is 3.49. The number of piperidine rings is 1. The van der Waals surface area contributed by atoms with Crippen LogP contribution in [0.2, 0.25) is 0 Å². The van der Waals surface area contributed by atoms with E-state index in [2.05, 4.69) is 61.3 Å². The molecule has 1 aromatic rings. The van der Waals surface area contributed by atoms with E-state index in [9.17, 15) is 0 Å². The third-order valence-electron chi connectivity index (χ3n) is 4.68. The van der Waals surface area contributed by atoms with Crippen LogP contribution in [-0.4, -0.2) is 31.1 Å². The summed E-state index contributed by atoms with van der Waals surface area (Å²) in [7, 11) is 0. The zero-order chi connectivity index (χ0) is 15.1. The van der Waals surface area contributed by atoms with Crippen LogP contribution in [0.15, 0.2) is 30.3 Å². The van der Waals surface area contributed by atoms with E-state index in [1.807, 2.05) is 0 Å². The summed E-state index contributed by atoms with van der Waals surface area (Å²) in [6.07, 6.45) is 3.92. The number of nitrogens with zero attached hydrogens (tertiary/aromatic N) is 1. The van der Waals surface area contributed by atoms with Crippen LogP contribution in [0.4, 0.5) is 0 Å². The third-order valence-corrected chi connectivity index (χ3v) is 4.68. The van der Waals surface area contributed by atoms with Gasteiger partial charge in [-0.1, -0.05) is 51.1 Å². The molecular weight excluding hydrogens is 256 g/mol. The van der Waals surface area contributed by atoms with E-state index in [1.54, 1.807) is 0 Å².